The zero-order valence-electron chi connectivity index (χ0n) is 15.3. The third kappa shape index (κ3) is 4.79. The fraction of sp³-hybridized carbons (Fsp3) is 0.250. The van der Waals surface area contributed by atoms with Crippen molar-refractivity contribution in [3.8, 4) is 17.2 Å². The molecule has 1 amide bonds. The quantitative estimate of drug-likeness (QED) is 0.560. The molecule has 0 fully saturated rings. The monoisotopic (exact) mass is 384 g/mol. The van der Waals surface area contributed by atoms with Gasteiger partial charge in [0.05, 0.1) is 5.71 Å². The second-order valence-corrected chi connectivity index (χ2v) is 5.96. The predicted octanol–water partition coefficient (Wildman–Crippen LogP) is 2.22. The lowest BCUT2D eigenvalue weighted by Gasteiger charge is -2.24. The van der Waals surface area contributed by atoms with Gasteiger partial charge in [-0.3, -0.25) is 4.79 Å². The van der Waals surface area contributed by atoms with Gasteiger partial charge in [-0.05, 0) is 48.4 Å². The first-order chi connectivity index (χ1) is 13.6. The summed E-state index contributed by atoms with van der Waals surface area (Å²) in [4.78, 5) is 22.9. The number of fused-ring (bicyclic) bond motifs is 1. The van der Waals surface area contributed by atoms with Gasteiger partial charge >= 0.3 is 5.97 Å². The number of nitrogens with zero attached hydrogens (tertiary/aromatic N) is 1. The molecular weight excluding hydrogens is 364 g/mol. The van der Waals surface area contributed by atoms with E-state index in [1.807, 2.05) is 13.0 Å². The minimum atomic E-state index is -1.04. The number of carbonyl (C=O) groups is 2. The van der Waals surface area contributed by atoms with E-state index in [0.717, 1.165) is 5.56 Å². The van der Waals surface area contributed by atoms with Crippen molar-refractivity contribution in [3.63, 3.8) is 0 Å². The number of benzene rings is 2. The van der Waals surface area contributed by atoms with E-state index in [4.69, 9.17) is 19.3 Å². The van der Waals surface area contributed by atoms with E-state index in [1.165, 1.54) is 0 Å². The van der Waals surface area contributed by atoms with Crippen LogP contribution in [-0.4, -0.2) is 42.0 Å². The van der Waals surface area contributed by atoms with Gasteiger partial charge in [0.25, 0.3) is 5.91 Å². The van der Waals surface area contributed by atoms with Gasteiger partial charge in [-0.2, -0.15) is 5.10 Å². The summed E-state index contributed by atoms with van der Waals surface area (Å²) in [6, 6.07) is 14.0. The maximum atomic E-state index is 12.4. The van der Waals surface area contributed by atoms with Gasteiger partial charge in [-0.1, -0.05) is 19.1 Å². The second kappa shape index (κ2) is 8.90. The molecule has 0 radical (unpaired) electrons. The molecule has 0 unspecified atom stereocenters. The van der Waals surface area contributed by atoms with Crippen molar-refractivity contribution in [1.29, 1.82) is 0 Å². The van der Waals surface area contributed by atoms with Crippen LogP contribution in [0.15, 0.2) is 53.6 Å². The smallest absolute Gasteiger partial charge is 0.341 e. The summed E-state index contributed by atoms with van der Waals surface area (Å²) in [5, 5.41) is 12.8. The fourth-order valence-corrected chi connectivity index (χ4v) is 2.58. The highest BCUT2D eigenvalue weighted by Gasteiger charge is 2.27. The molecule has 0 aliphatic carbocycles. The molecule has 28 heavy (non-hydrogen) atoms. The number of hydrazone groups is 1. The predicted molar refractivity (Wildman–Crippen MR) is 101 cm³/mol. The number of rotatable bonds is 7. The summed E-state index contributed by atoms with van der Waals surface area (Å²) >= 11 is 0. The molecule has 8 nitrogen and oxygen atoms in total. The fourth-order valence-electron chi connectivity index (χ4n) is 2.58. The normalized spacial score (nSPS) is 15.6. The Balaban J connectivity index is 1.61. The highest BCUT2D eigenvalue weighted by atomic mass is 16.6. The van der Waals surface area contributed by atoms with Crippen LogP contribution in [0.5, 0.6) is 17.2 Å². The van der Waals surface area contributed by atoms with Gasteiger partial charge in [0.1, 0.15) is 12.4 Å². The van der Waals surface area contributed by atoms with Crippen LogP contribution in [0.4, 0.5) is 0 Å². The summed E-state index contributed by atoms with van der Waals surface area (Å²) in [7, 11) is 0. The molecule has 0 spiro atoms. The van der Waals surface area contributed by atoms with E-state index in [2.05, 4.69) is 10.5 Å². The second-order valence-electron chi connectivity index (χ2n) is 5.96. The highest BCUT2D eigenvalue weighted by molar-refractivity contribution is 6.01. The molecule has 3 rings (SSSR count). The molecule has 2 aromatic rings. The van der Waals surface area contributed by atoms with Gasteiger partial charge in [0.2, 0.25) is 6.10 Å². The van der Waals surface area contributed by atoms with Crippen LogP contribution >= 0.6 is 0 Å². The molecule has 8 heteroatoms. The summed E-state index contributed by atoms with van der Waals surface area (Å²) in [5.74, 6) is 0.123. The van der Waals surface area contributed by atoms with Crippen molar-refractivity contribution in [2.24, 2.45) is 5.10 Å². The number of para-hydroxylation sites is 2. The average molecular weight is 384 g/mol. The number of hydrogen-bond acceptors (Lipinski definition) is 6. The first kappa shape index (κ1) is 19.2. The number of carboxylic acids is 1. The van der Waals surface area contributed by atoms with Crippen LogP contribution in [0.3, 0.4) is 0 Å². The number of amides is 1. The van der Waals surface area contributed by atoms with Crippen LogP contribution in [0.25, 0.3) is 0 Å². The minimum Gasteiger partial charge on any atom is -0.485 e. The van der Waals surface area contributed by atoms with Gasteiger partial charge in [0.15, 0.2) is 18.1 Å². The van der Waals surface area contributed by atoms with Crippen LogP contribution in [0, 0.1) is 0 Å². The summed E-state index contributed by atoms with van der Waals surface area (Å²) < 4.78 is 16.3. The molecule has 1 aliphatic heterocycles. The molecule has 0 bridgehead atoms. The Morgan fingerprint density at radius 2 is 1.89 bits per heavy atom. The number of aliphatic carboxylic acids is 1. The minimum absolute atomic E-state index is 0.107. The van der Waals surface area contributed by atoms with Crippen molar-refractivity contribution in [1.82, 2.24) is 5.43 Å². The molecule has 0 saturated heterocycles. The number of hydrogen-bond donors (Lipinski definition) is 2. The zero-order valence-corrected chi connectivity index (χ0v) is 15.3. The van der Waals surface area contributed by atoms with Crippen LogP contribution < -0.4 is 19.6 Å². The molecule has 0 aromatic heterocycles. The molecule has 1 heterocycles. The molecule has 2 N–H and O–H groups in total. The van der Waals surface area contributed by atoms with Crippen molar-refractivity contribution >= 4 is 17.6 Å². The van der Waals surface area contributed by atoms with Crippen LogP contribution in [-0.2, 0) is 9.59 Å². The molecule has 0 saturated carbocycles. The van der Waals surface area contributed by atoms with Gasteiger partial charge in [-0.25, -0.2) is 10.2 Å². The van der Waals surface area contributed by atoms with Crippen LogP contribution in [0.2, 0.25) is 0 Å². The molecule has 146 valence electrons. The Hall–Kier alpha value is -3.55. The van der Waals surface area contributed by atoms with Gasteiger partial charge < -0.3 is 19.3 Å². The lowest BCUT2D eigenvalue weighted by molar-refractivity contribution is -0.139. The Labute approximate surface area is 161 Å². The standard InChI is InChI=1S/C20H20N2O6/c1-2-15(13-7-9-14(10-8-13)26-12-19(23)24)21-22-20(25)18-11-27-16-5-3-4-6-17(16)28-18/h3-10,18H,2,11-12H2,1H3,(H,22,25)(H,23,24)/b21-15-/t18-/m0/s1. The highest BCUT2D eigenvalue weighted by Crippen LogP contribution is 2.30. The van der Waals surface area contributed by atoms with E-state index < -0.39 is 24.6 Å². The largest absolute Gasteiger partial charge is 0.485 e. The lowest BCUT2D eigenvalue weighted by atomic mass is 10.1. The molecule has 1 aliphatic rings. The molecule has 1 atom stereocenters. The Morgan fingerprint density at radius 1 is 1.18 bits per heavy atom. The van der Waals surface area contributed by atoms with E-state index in [-0.39, 0.29) is 6.61 Å². The van der Waals surface area contributed by atoms with Gasteiger partial charge in [0, 0.05) is 0 Å². The van der Waals surface area contributed by atoms with Crippen molar-refractivity contribution in [2.75, 3.05) is 13.2 Å². The van der Waals surface area contributed by atoms with E-state index >= 15 is 0 Å². The maximum Gasteiger partial charge on any atom is 0.341 e. The Kier molecular flexibility index (Phi) is 6.11. The topological polar surface area (TPSA) is 106 Å². The average Bonchev–Trinajstić information content (AvgIpc) is 2.73. The first-order valence-corrected chi connectivity index (χ1v) is 8.76. The third-order valence-electron chi connectivity index (χ3n) is 3.99. The summed E-state index contributed by atoms with van der Waals surface area (Å²) in [6.45, 7) is 1.61. The zero-order chi connectivity index (χ0) is 19.9. The summed E-state index contributed by atoms with van der Waals surface area (Å²) in [6.07, 6.45) is -0.205. The molecular formula is C20H20N2O6. The van der Waals surface area contributed by atoms with Gasteiger partial charge in [-0.15, -0.1) is 0 Å². The number of nitrogens with one attached hydrogen (secondary N) is 1. The van der Waals surface area contributed by atoms with Crippen molar-refractivity contribution < 1.29 is 28.9 Å². The SMILES string of the molecule is CC/C(=N/NC(=O)[C@@H]1COc2ccccc2O1)c1ccc(OCC(=O)O)cc1. The maximum absolute atomic E-state index is 12.4. The van der Waals surface area contributed by atoms with E-state index in [1.54, 1.807) is 42.5 Å². The molecule has 2 aromatic carbocycles. The lowest BCUT2D eigenvalue weighted by Crippen LogP contribution is -2.42. The Bertz CT molecular complexity index is 879. The Morgan fingerprint density at radius 3 is 2.57 bits per heavy atom. The van der Waals surface area contributed by atoms with E-state index in [0.29, 0.717) is 29.4 Å². The van der Waals surface area contributed by atoms with Crippen molar-refractivity contribution in [2.45, 2.75) is 19.4 Å². The number of ether oxygens (including phenoxy) is 3. The summed E-state index contributed by atoms with van der Waals surface area (Å²) in [5.41, 5.74) is 3.97. The van der Waals surface area contributed by atoms with E-state index in [9.17, 15) is 9.59 Å². The van der Waals surface area contributed by atoms with Crippen molar-refractivity contribution in [3.05, 3.63) is 54.1 Å². The number of carboxylic acid groups (broad SMARTS) is 1. The number of carbonyl (C=O) groups excluding carboxylic acids is 1. The first-order valence-electron chi connectivity index (χ1n) is 8.76. The van der Waals surface area contributed by atoms with Crippen LogP contribution in [0.1, 0.15) is 18.9 Å². The third-order valence-corrected chi connectivity index (χ3v) is 3.99.